The van der Waals surface area contributed by atoms with Crippen molar-refractivity contribution in [2.75, 3.05) is 4.90 Å². The van der Waals surface area contributed by atoms with Crippen LogP contribution >= 0.6 is 12.2 Å². The minimum absolute atomic E-state index is 0.167. The van der Waals surface area contributed by atoms with Gasteiger partial charge in [-0.1, -0.05) is 18.2 Å². The Morgan fingerprint density at radius 3 is 2.54 bits per heavy atom. The van der Waals surface area contributed by atoms with Crippen LogP contribution in [0.15, 0.2) is 54.7 Å². The van der Waals surface area contributed by atoms with E-state index in [9.17, 15) is 4.39 Å². The second-order valence-electron chi connectivity index (χ2n) is 7.02. The number of aromatic nitrogens is 2. The third-order valence-corrected chi connectivity index (χ3v) is 5.77. The highest BCUT2D eigenvalue weighted by molar-refractivity contribution is 7.80. The Morgan fingerprint density at radius 1 is 1.14 bits per heavy atom. The molecule has 3 aromatic rings. The molecule has 28 heavy (non-hydrogen) atoms. The quantitative estimate of drug-likeness (QED) is 0.642. The third-order valence-electron chi connectivity index (χ3n) is 5.46. The number of pyridine rings is 1. The van der Waals surface area contributed by atoms with Crippen LogP contribution in [0.1, 0.15) is 41.7 Å². The molecule has 0 amide bonds. The monoisotopic (exact) mass is 394 g/mol. The molecule has 144 valence electrons. The van der Waals surface area contributed by atoms with Crippen LogP contribution in [-0.2, 0) is 6.54 Å². The van der Waals surface area contributed by atoms with Gasteiger partial charge in [0.25, 0.3) is 0 Å². The second kappa shape index (κ2) is 7.36. The molecular weight excluding hydrogens is 371 g/mol. The van der Waals surface area contributed by atoms with Crippen molar-refractivity contribution in [2.24, 2.45) is 0 Å². The van der Waals surface area contributed by atoms with E-state index in [1.807, 2.05) is 29.2 Å². The Balaban J connectivity index is 1.91. The van der Waals surface area contributed by atoms with Crippen molar-refractivity contribution in [3.05, 3.63) is 83.2 Å². The Labute approximate surface area is 170 Å². The summed E-state index contributed by atoms with van der Waals surface area (Å²) in [6.07, 6.45) is 1.78. The molecule has 0 aliphatic carbocycles. The van der Waals surface area contributed by atoms with E-state index in [-0.39, 0.29) is 17.9 Å². The van der Waals surface area contributed by atoms with Gasteiger partial charge in [0.1, 0.15) is 5.82 Å². The number of thiocarbonyl (C=S) groups is 1. The molecule has 0 radical (unpaired) electrons. The van der Waals surface area contributed by atoms with E-state index in [1.54, 1.807) is 18.3 Å². The van der Waals surface area contributed by atoms with Crippen LogP contribution in [0, 0.1) is 19.7 Å². The van der Waals surface area contributed by atoms with Gasteiger partial charge in [-0.05, 0) is 68.9 Å². The maximum Gasteiger partial charge on any atom is 0.174 e. The fourth-order valence-corrected chi connectivity index (χ4v) is 4.53. The fraction of sp³-hybridized carbons (Fsp3) is 0.273. The number of aryl methyl sites for hydroxylation is 1. The van der Waals surface area contributed by atoms with Gasteiger partial charge in [0.05, 0.1) is 23.5 Å². The van der Waals surface area contributed by atoms with Gasteiger partial charge in [-0.3, -0.25) is 4.98 Å². The molecule has 0 bridgehead atoms. The number of rotatable bonds is 4. The van der Waals surface area contributed by atoms with Crippen molar-refractivity contribution in [1.82, 2.24) is 14.9 Å². The maximum absolute atomic E-state index is 14.7. The van der Waals surface area contributed by atoms with E-state index in [0.717, 1.165) is 17.8 Å². The molecule has 6 heteroatoms. The van der Waals surface area contributed by atoms with Gasteiger partial charge in [-0.15, -0.1) is 0 Å². The average Bonchev–Trinajstić information content (AvgIpc) is 3.18. The van der Waals surface area contributed by atoms with E-state index >= 15 is 0 Å². The highest BCUT2D eigenvalue weighted by Crippen LogP contribution is 2.43. The summed E-state index contributed by atoms with van der Waals surface area (Å²) in [4.78, 5) is 6.45. The fourth-order valence-electron chi connectivity index (χ4n) is 4.19. The molecule has 0 saturated carbocycles. The lowest BCUT2D eigenvalue weighted by Crippen LogP contribution is -2.30. The molecule has 3 heterocycles. The van der Waals surface area contributed by atoms with E-state index < -0.39 is 0 Å². The number of hydrogen-bond donors (Lipinski definition) is 1. The summed E-state index contributed by atoms with van der Waals surface area (Å²) >= 11 is 5.66. The van der Waals surface area contributed by atoms with Gasteiger partial charge < -0.3 is 14.8 Å². The van der Waals surface area contributed by atoms with Gasteiger partial charge in [0.2, 0.25) is 0 Å². The first-order valence-corrected chi connectivity index (χ1v) is 9.85. The molecule has 4 rings (SSSR count). The molecule has 1 aliphatic heterocycles. The molecule has 1 aromatic carbocycles. The van der Waals surface area contributed by atoms with Crippen LogP contribution < -0.4 is 10.2 Å². The highest BCUT2D eigenvalue weighted by atomic mass is 32.1. The molecular formula is C22H23FN4S. The van der Waals surface area contributed by atoms with E-state index in [2.05, 4.69) is 41.7 Å². The molecule has 2 atom stereocenters. The van der Waals surface area contributed by atoms with Gasteiger partial charge in [-0.2, -0.15) is 0 Å². The van der Waals surface area contributed by atoms with Crippen molar-refractivity contribution in [3.63, 3.8) is 0 Å². The lowest BCUT2D eigenvalue weighted by molar-refractivity contribution is 0.554. The van der Waals surface area contributed by atoms with Crippen molar-refractivity contribution < 1.29 is 4.39 Å². The zero-order valence-electron chi connectivity index (χ0n) is 16.2. The van der Waals surface area contributed by atoms with E-state index in [1.165, 1.54) is 17.5 Å². The predicted molar refractivity (Wildman–Crippen MR) is 114 cm³/mol. The molecule has 1 fully saturated rings. The first-order valence-electron chi connectivity index (χ1n) is 9.44. The first kappa shape index (κ1) is 18.6. The summed E-state index contributed by atoms with van der Waals surface area (Å²) in [6.45, 7) is 7.23. The summed E-state index contributed by atoms with van der Waals surface area (Å²) in [5.74, 6) is -0.289. The van der Waals surface area contributed by atoms with E-state index in [4.69, 9.17) is 12.2 Å². The number of nitrogens with zero attached hydrogens (tertiary/aromatic N) is 3. The molecule has 1 aliphatic rings. The van der Waals surface area contributed by atoms with Gasteiger partial charge >= 0.3 is 0 Å². The SMILES string of the molecule is CCn1c(C)cc([C@@H]2[C@@H](c3ccccn3)NC(=S)N2c2ccccc2F)c1C. The maximum atomic E-state index is 14.7. The largest absolute Gasteiger partial charge is 0.351 e. The van der Waals surface area contributed by atoms with Gasteiger partial charge in [0.15, 0.2) is 5.11 Å². The van der Waals surface area contributed by atoms with Crippen molar-refractivity contribution in [2.45, 2.75) is 39.4 Å². The topological polar surface area (TPSA) is 33.1 Å². The lowest BCUT2D eigenvalue weighted by atomic mass is 9.96. The third kappa shape index (κ3) is 2.98. The minimum Gasteiger partial charge on any atom is -0.351 e. The van der Waals surface area contributed by atoms with Crippen LogP contribution in [0.5, 0.6) is 0 Å². The van der Waals surface area contributed by atoms with Gasteiger partial charge in [0, 0.05) is 24.1 Å². The molecule has 1 saturated heterocycles. The Kier molecular flexibility index (Phi) is 4.89. The summed E-state index contributed by atoms with van der Waals surface area (Å²) in [5.41, 5.74) is 4.84. The van der Waals surface area contributed by atoms with Crippen molar-refractivity contribution in [1.29, 1.82) is 0 Å². The van der Waals surface area contributed by atoms with Crippen LogP contribution in [0.4, 0.5) is 10.1 Å². The highest BCUT2D eigenvalue weighted by Gasteiger charge is 2.42. The summed E-state index contributed by atoms with van der Waals surface area (Å²) in [5, 5.41) is 3.89. The Morgan fingerprint density at radius 2 is 1.89 bits per heavy atom. The number of benzene rings is 1. The zero-order valence-corrected chi connectivity index (χ0v) is 17.0. The lowest BCUT2D eigenvalue weighted by Gasteiger charge is -2.28. The summed E-state index contributed by atoms with van der Waals surface area (Å²) in [7, 11) is 0. The number of anilines is 1. The normalized spacial score (nSPS) is 19.1. The van der Waals surface area contributed by atoms with E-state index in [0.29, 0.717) is 10.8 Å². The summed E-state index contributed by atoms with van der Waals surface area (Å²) in [6, 6.07) is 14.4. The van der Waals surface area contributed by atoms with Crippen molar-refractivity contribution >= 4 is 23.0 Å². The Bertz CT molecular complexity index is 1010. The van der Waals surface area contributed by atoms with Crippen LogP contribution in [0.2, 0.25) is 0 Å². The van der Waals surface area contributed by atoms with Crippen LogP contribution in [-0.4, -0.2) is 14.7 Å². The predicted octanol–water partition coefficient (Wildman–Crippen LogP) is 4.84. The molecule has 2 aromatic heterocycles. The van der Waals surface area contributed by atoms with Crippen LogP contribution in [0.3, 0.4) is 0 Å². The number of nitrogens with one attached hydrogen (secondary N) is 1. The number of halogens is 1. The summed E-state index contributed by atoms with van der Waals surface area (Å²) < 4.78 is 17.0. The number of para-hydroxylation sites is 1. The molecule has 1 N–H and O–H groups in total. The standard InChI is InChI=1S/C22H23FN4S/c1-4-26-14(2)13-16(15(26)3)21-20(18-10-7-8-12-24-18)25-22(28)27(21)19-11-6-5-9-17(19)23/h5-13,20-21H,4H2,1-3H3,(H,25,28)/t20-,21-/m1/s1. The average molecular weight is 395 g/mol. The van der Waals surface area contributed by atoms with Crippen LogP contribution in [0.25, 0.3) is 0 Å². The van der Waals surface area contributed by atoms with Crippen molar-refractivity contribution in [3.8, 4) is 0 Å². The zero-order chi connectivity index (χ0) is 19.8. The Hall–Kier alpha value is -2.73. The molecule has 0 spiro atoms. The minimum atomic E-state index is -0.289. The number of hydrogen-bond acceptors (Lipinski definition) is 2. The van der Waals surface area contributed by atoms with Gasteiger partial charge in [-0.25, -0.2) is 4.39 Å². The second-order valence-corrected chi connectivity index (χ2v) is 7.41. The smallest absolute Gasteiger partial charge is 0.174 e. The molecule has 0 unspecified atom stereocenters. The first-order chi connectivity index (χ1) is 13.5. The molecule has 4 nitrogen and oxygen atoms in total.